The number of rotatable bonds is 3. The summed E-state index contributed by atoms with van der Waals surface area (Å²) in [6.45, 7) is 2.34. The van der Waals surface area contributed by atoms with Crippen LogP contribution in [0.2, 0.25) is 0 Å². The predicted molar refractivity (Wildman–Crippen MR) is 78.3 cm³/mol. The quantitative estimate of drug-likeness (QED) is 0.861. The van der Waals surface area contributed by atoms with Gasteiger partial charge in [0, 0.05) is 12.1 Å². The van der Waals surface area contributed by atoms with Gasteiger partial charge in [0.05, 0.1) is 0 Å². The molecule has 0 heterocycles. The zero-order valence-corrected chi connectivity index (χ0v) is 11.9. The molecular weight excluding hydrogens is 234 g/mol. The molecular formula is C17H25NO. The smallest absolute Gasteiger partial charge is 0.119 e. The lowest BCUT2D eigenvalue weighted by atomic mass is 9.84. The molecule has 0 aliphatic heterocycles. The molecule has 2 nitrogen and oxygen atoms in total. The van der Waals surface area contributed by atoms with Gasteiger partial charge in [-0.3, -0.25) is 0 Å². The van der Waals surface area contributed by atoms with E-state index in [9.17, 15) is 5.11 Å². The number of phenolic OH excluding ortho intramolecular Hbond substituents is 1. The SMILES string of the molecule is C[C@@H](NC1CCc2c(O)cccc21)C1CCCCC1. The summed E-state index contributed by atoms with van der Waals surface area (Å²) in [6.07, 6.45) is 9.13. The molecule has 2 aliphatic carbocycles. The third-order valence-electron chi connectivity index (χ3n) is 5.07. The number of hydrogen-bond donors (Lipinski definition) is 2. The van der Waals surface area contributed by atoms with Crippen molar-refractivity contribution >= 4 is 0 Å². The minimum Gasteiger partial charge on any atom is -0.508 e. The van der Waals surface area contributed by atoms with Crippen molar-refractivity contribution < 1.29 is 5.11 Å². The lowest BCUT2D eigenvalue weighted by Gasteiger charge is -2.31. The minimum atomic E-state index is 0.444. The third kappa shape index (κ3) is 2.64. The van der Waals surface area contributed by atoms with E-state index in [0.717, 1.165) is 24.3 Å². The number of phenols is 1. The fourth-order valence-electron chi connectivity index (χ4n) is 3.90. The Balaban J connectivity index is 1.67. The van der Waals surface area contributed by atoms with Crippen LogP contribution in [-0.2, 0) is 6.42 Å². The van der Waals surface area contributed by atoms with Gasteiger partial charge in [-0.05, 0) is 55.7 Å². The van der Waals surface area contributed by atoms with Gasteiger partial charge in [-0.2, -0.15) is 0 Å². The first-order valence-electron chi connectivity index (χ1n) is 7.82. The Morgan fingerprint density at radius 2 is 1.95 bits per heavy atom. The lowest BCUT2D eigenvalue weighted by Crippen LogP contribution is -2.36. The zero-order chi connectivity index (χ0) is 13.2. The molecule has 1 unspecified atom stereocenters. The van der Waals surface area contributed by atoms with Gasteiger partial charge in [0.1, 0.15) is 5.75 Å². The van der Waals surface area contributed by atoms with Crippen LogP contribution in [0.1, 0.15) is 62.6 Å². The van der Waals surface area contributed by atoms with Gasteiger partial charge < -0.3 is 10.4 Å². The van der Waals surface area contributed by atoms with Crippen molar-refractivity contribution in [3.8, 4) is 5.75 Å². The van der Waals surface area contributed by atoms with E-state index in [0.29, 0.717) is 17.8 Å². The van der Waals surface area contributed by atoms with Crippen molar-refractivity contribution in [2.75, 3.05) is 0 Å². The zero-order valence-electron chi connectivity index (χ0n) is 11.9. The highest BCUT2D eigenvalue weighted by Crippen LogP contribution is 2.37. The van der Waals surface area contributed by atoms with E-state index in [1.807, 2.05) is 12.1 Å². The molecule has 2 aliphatic rings. The van der Waals surface area contributed by atoms with Crippen LogP contribution in [0.3, 0.4) is 0 Å². The second-order valence-corrected chi connectivity index (χ2v) is 6.29. The summed E-state index contributed by atoms with van der Waals surface area (Å²) in [5, 5.41) is 13.7. The average molecular weight is 259 g/mol. The Labute approximate surface area is 116 Å². The van der Waals surface area contributed by atoms with E-state index in [-0.39, 0.29) is 0 Å². The molecule has 1 aromatic rings. The summed E-state index contributed by atoms with van der Waals surface area (Å²) >= 11 is 0. The van der Waals surface area contributed by atoms with Crippen LogP contribution in [0, 0.1) is 5.92 Å². The van der Waals surface area contributed by atoms with Gasteiger partial charge in [0.25, 0.3) is 0 Å². The standard InChI is InChI=1S/C17H25NO/c1-12(13-6-3-2-4-7-13)18-16-11-10-15-14(16)8-5-9-17(15)19/h5,8-9,12-13,16,18-19H,2-4,6-7,10-11H2,1H3/t12-,16?/m1/s1. The molecule has 0 spiro atoms. The van der Waals surface area contributed by atoms with Crippen LogP contribution in [0.5, 0.6) is 5.75 Å². The Bertz CT molecular complexity index is 437. The van der Waals surface area contributed by atoms with Gasteiger partial charge in [-0.1, -0.05) is 31.4 Å². The molecule has 0 bridgehead atoms. The molecule has 0 amide bonds. The highest BCUT2D eigenvalue weighted by Gasteiger charge is 2.28. The van der Waals surface area contributed by atoms with Crippen LogP contribution in [0.25, 0.3) is 0 Å². The van der Waals surface area contributed by atoms with Crippen LogP contribution >= 0.6 is 0 Å². The molecule has 104 valence electrons. The largest absolute Gasteiger partial charge is 0.508 e. The topological polar surface area (TPSA) is 32.3 Å². The van der Waals surface area contributed by atoms with Crippen molar-refractivity contribution in [1.29, 1.82) is 0 Å². The molecule has 1 saturated carbocycles. The Kier molecular flexibility index (Phi) is 3.79. The second kappa shape index (κ2) is 5.54. The summed E-state index contributed by atoms with van der Waals surface area (Å²) in [7, 11) is 0. The van der Waals surface area contributed by atoms with E-state index in [2.05, 4.69) is 18.3 Å². The van der Waals surface area contributed by atoms with E-state index in [1.54, 1.807) is 0 Å². The predicted octanol–water partition coefficient (Wildman–Crippen LogP) is 3.94. The van der Waals surface area contributed by atoms with Gasteiger partial charge in [-0.25, -0.2) is 0 Å². The lowest BCUT2D eigenvalue weighted by molar-refractivity contribution is 0.264. The first kappa shape index (κ1) is 13.0. The first-order valence-corrected chi connectivity index (χ1v) is 7.82. The van der Waals surface area contributed by atoms with Crippen molar-refractivity contribution in [3.05, 3.63) is 29.3 Å². The maximum atomic E-state index is 9.90. The van der Waals surface area contributed by atoms with Crippen molar-refractivity contribution in [2.45, 2.75) is 64.0 Å². The molecule has 0 saturated heterocycles. The van der Waals surface area contributed by atoms with Crippen LogP contribution in [0.4, 0.5) is 0 Å². The molecule has 2 heteroatoms. The van der Waals surface area contributed by atoms with Crippen molar-refractivity contribution in [3.63, 3.8) is 0 Å². The summed E-state index contributed by atoms with van der Waals surface area (Å²) in [4.78, 5) is 0. The Hall–Kier alpha value is -1.02. The molecule has 0 radical (unpaired) electrons. The highest BCUT2D eigenvalue weighted by molar-refractivity contribution is 5.44. The van der Waals surface area contributed by atoms with Gasteiger partial charge in [0.2, 0.25) is 0 Å². The molecule has 3 rings (SSSR count). The number of benzene rings is 1. The molecule has 2 N–H and O–H groups in total. The minimum absolute atomic E-state index is 0.444. The Morgan fingerprint density at radius 3 is 2.74 bits per heavy atom. The fourth-order valence-corrected chi connectivity index (χ4v) is 3.90. The first-order chi connectivity index (χ1) is 9.25. The summed E-state index contributed by atoms with van der Waals surface area (Å²) in [5.41, 5.74) is 2.48. The number of hydrogen-bond acceptors (Lipinski definition) is 2. The number of aromatic hydroxyl groups is 1. The molecule has 1 aromatic carbocycles. The van der Waals surface area contributed by atoms with Crippen molar-refractivity contribution in [1.82, 2.24) is 5.32 Å². The molecule has 1 fully saturated rings. The third-order valence-corrected chi connectivity index (χ3v) is 5.07. The highest BCUT2D eigenvalue weighted by atomic mass is 16.3. The van der Waals surface area contributed by atoms with Crippen LogP contribution in [0.15, 0.2) is 18.2 Å². The second-order valence-electron chi connectivity index (χ2n) is 6.29. The average Bonchev–Trinajstić information content (AvgIpc) is 2.84. The summed E-state index contributed by atoms with van der Waals surface area (Å²) in [5.74, 6) is 1.32. The fraction of sp³-hybridized carbons (Fsp3) is 0.647. The monoisotopic (exact) mass is 259 g/mol. The Morgan fingerprint density at radius 1 is 1.16 bits per heavy atom. The molecule has 19 heavy (non-hydrogen) atoms. The number of fused-ring (bicyclic) bond motifs is 1. The van der Waals surface area contributed by atoms with Crippen LogP contribution in [-0.4, -0.2) is 11.1 Å². The maximum Gasteiger partial charge on any atom is 0.119 e. The number of nitrogens with one attached hydrogen (secondary N) is 1. The van der Waals surface area contributed by atoms with E-state index >= 15 is 0 Å². The van der Waals surface area contributed by atoms with E-state index in [1.165, 1.54) is 37.7 Å². The van der Waals surface area contributed by atoms with Gasteiger partial charge in [0.15, 0.2) is 0 Å². The molecule has 0 aromatic heterocycles. The van der Waals surface area contributed by atoms with Crippen molar-refractivity contribution in [2.24, 2.45) is 5.92 Å². The normalized spacial score (nSPS) is 25.2. The van der Waals surface area contributed by atoms with Crippen LogP contribution < -0.4 is 5.32 Å². The van der Waals surface area contributed by atoms with Gasteiger partial charge in [-0.15, -0.1) is 0 Å². The maximum absolute atomic E-state index is 9.90. The summed E-state index contributed by atoms with van der Waals surface area (Å²) < 4.78 is 0. The summed E-state index contributed by atoms with van der Waals surface area (Å²) in [6, 6.07) is 7.00. The van der Waals surface area contributed by atoms with E-state index in [4.69, 9.17) is 0 Å². The van der Waals surface area contributed by atoms with E-state index < -0.39 is 0 Å². The van der Waals surface area contributed by atoms with Gasteiger partial charge >= 0.3 is 0 Å². The molecule has 2 atom stereocenters.